The molecule has 21 heavy (non-hydrogen) atoms. The zero-order valence-electron chi connectivity index (χ0n) is 11.7. The summed E-state index contributed by atoms with van der Waals surface area (Å²) in [4.78, 5) is 11.8. The lowest BCUT2D eigenvalue weighted by Crippen LogP contribution is -2.17. The van der Waals surface area contributed by atoms with Crippen molar-refractivity contribution >= 4 is 21.9 Å². The number of carbonyl (C=O) groups excluding carboxylic acids is 1. The molecule has 2 rings (SSSR count). The average molecular weight is 359 g/mol. The van der Waals surface area contributed by atoms with Gasteiger partial charge in [-0.05, 0) is 28.1 Å². The van der Waals surface area contributed by atoms with E-state index in [1.54, 1.807) is 26.4 Å². The molecule has 0 atom stereocenters. The van der Waals surface area contributed by atoms with E-state index in [2.05, 4.69) is 15.9 Å². The highest BCUT2D eigenvalue weighted by atomic mass is 79.9. The van der Waals surface area contributed by atoms with E-state index < -0.39 is 5.97 Å². The van der Waals surface area contributed by atoms with Gasteiger partial charge in [-0.1, -0.05) is 0 Å². The summed E-state index contributed by atoms with van der Waals surface area (Å²) in [6.07, 6.45) is 1.26. The highest BCUT2D eigenvalue weighted by molar-refractivity contribution is 9.10. The normalized spacial score (nSPS) is 13.6. The van der Waals surface area contributed by atoms with E-state index in [1.165, 1.54) is 6.26 Å². The number of benzene rings is 1. The van der Waals surface area contributed by atoms with Crippen molar-refractivity contribution in [3.8, 4) is 11.5 Å². The van der Waals surface area contributed by atoms with Crippen molar-refractivity contribution in [3.05, 3.63) is 34.2 Å². The Hall–Kier alpha value is -1.89. The molecule has 0 saturated carbocycles. The van der Waals surface area contributed by atoms with Gasteiger partial charge in [0.15, 0.2) is 0 Å². The number of rotatable bonds is 5. The van der Waals surface area contributed by atoms with Gasteiger partial charge in [-0.15, -0.1) is 0 Å². The van der Waals surface area contributed by atoms with Crippen LogP contribution in [0.2, 0.25) is 0 Å². The van der Waals surface area contributed by atoms with E-state index in [-0.39, 0.29) is 12.4 Å². The molecule has 0 N–H and O–H groups in total. The zero-order chi connectivity index (χ0) is 15.2. The second-order valence-corrected chi connectivity index (χ2v) is 4.93. The van der Waals surface area contributed by atoms with Crippen molar-refractivity contribution < 1.29 is 28.5 Å². The number of hydrogen-bond donors (Lipinski definition) is 0. The summed E-state index contributed by atoms with van der Waals surface area (Å²) in [5, 5.41) is 0. The van der Waals surface area contributed by atoms with E-state index in [0.717, 1.165) is 4.47 Å². The molecule has 0 aliphatic carbocycles. The lowest BCUT2D eigenvalue weighted by molar-refractivity contribution is -0.145. The SMILES string of the molecule is COc1cc(COC(=O)C2=COCCO2)c(OC)cc1Br. The Labute approximate surface area is 130 Å². The van der Waals surface area contributed by atoms with E-state index in [0.29, 0.717) is 30.3 Å². The van der Waals surface area contributed by atoms with Crippen LogP contribution < -0.4 is 9.47 Å². The number of esters is 1. The van der Waals surface area contributed by atoms with Gasteiger partial charge in [0, 0.05) is 5.56 Å². The molecule has 1 aliphatic rings. The molecule has 0 spiro atoms. The van der Waals surface area contributed by atoms with Gasteiger partial charge in [-0.3, -0.25) is 0 Å². The Morgan fingerprint density at radius 2 is 2.00 bits per heavy atom. The summed E-state index contributed by atoms with van der Waals surface area (Å²) in [7, 11) is 3.10. The first kappa shape index (κ1) is 15.5. The van der Waals surface area contributed by atoms with Gasteiger partial charge in [0.05, 0.1) is 18.7 Å². The topological polar surface area (TPSA) is 63.2 Å². The predicted molar refractivity (Wildman–Crippen MR) is 77.0 cm³/mol. The molecule has 0 unspecified atom stereocenters. The molecule has 1 aromatic rings. The number of carbonyl (C=O) groups is 1. The summed E-state index contributed by atoms with van der Waals surface area (Å²) in [6, 6.07) is 3.49. The molecular weight excluding hydrogens is 344 g/mol. The molecule has 114 valence electrons. The molecule has 0 fully saturated rings. The second kappa shape index (κ2) is 7.21. The van der Waals surface area contributed by atoms with E-state index in [9.17, 15) is 4.79 Å². The first-order valence-corrected chi connectivity index (χ1v) is 6.97. The standard InChI is InChI=1S/C14H15BrO6/c1-17-11-6-10(15)12(18-2)5-9(11)7-21-14(16)13-8-19-3-4-20-13/h5-6,8H,3-4,7H2,1-2H3. The Balaban J connectivity index is 2.08. The molecule has 0 radical (unpaired) electrons. The molecule has 0 bridgehead atoms. The molecule has 0 aromatic heterocycles. The molecule has 1 aromatic carbocycles. The van der Waals surface area contributed by atoms with E-state index in [1.807, 2.05) is 0 Å². The van der Waals surface area contributed by atoms with Gasteiger partial charge in [0.1, 0.15) is 37.6 Å². The van der Waals surface area contributed by atoms with Crippen LogP contribution in [0.4, 0.5) is 0 Å². The maximum absolute atomic E-state index is 11.8. The molecule has 0 saturated heterocycles. The Kier molecular flexibility index (Phi) is 5.32. The summed E-state index contributed by atoms with van der Waals surface area (Å²) >= 11 is 3.37. The van der Waals surface area contributed by atoms with Crippen LogP contribution >= 0.6 is 15.9 Å². The van der Waals surface area contributed by atoms with E-state index in [4.69, 9.17) is 23.7 Å². The van der Waals surface area contributed by atoms with E-state index >= 15 is 0 Å². The average Bonchev–Trinajstić information content (AvgIpc) is 2.53. The highest BCUT2D eigenvalue weighted by Gasteiger charge is 2.18. The summed E-state index contributed by atoms with van der Waals surface area (Å²) in [5.41, 5.74) is 0.684. The van der Waals surface area contributed by atoms with Crippen molar-refractivity contribution in [2.45, 2.75) is 6.61 Å². The summed E-state index contributed by atoms with van der Waals surface area (Å²) in [6.45, 7) is 0.789. The fraction of sp³-hybridized carbons (Fsp3) is 0.357. The number of methoxy groups -OCH3 is 2. The maximum atomic E-state index is 11.8. The van der Waals surface area contributed by atoms with Crippen molar-refractivity contribution in [2.75, 3.05) is 27.4 Å². The van der Waals surface area contributed by atoms with Crippen molar-refractivity contribution in [3.63, 3.8) is 0 Å². The molecule has 0 amide bonds. The first-order valence-electron chi connectivity index (χ1n) is 6.17. The number of hydrogen-bond acceptors (Lipinski definition) is 6. The predicted octanol–water partition coefficient (Wildman–Crippen LogP) is 2.40. The van der Waals surface area contributed by atoms with Crippen LogP contribution in [0, 0.1) is 0 Å². The van der Waals surface area contributed by atoms with Gasteiger partial charge in [-0.2, -0.15) is 0 Å². The Bertz CT molecular complexity index is 555. The third kappa shape index (κ3) is 3.81. The molecule has 1 heterocycles. The fourth-order valence-corrected chi connectivity index (χ4v) is 2.21. The summed E-state index contributed by atoms with van der Waals surface area (Å²) < 4.78 is 26.6. The van der Waals surface area contributed by atoms with Crippen molar-refractivity contribution in [1.82, 2.24) is 0 Å². The smallest absolute Gasteiger partial charge is 0.377 e. The number of halogens is 1. The van der Waals surface area contributed by atoms with Gasteiger partial charge < -0.3 is 23.7 Å². The van der Waals surface area contributed by atoms with Crippen LogP contribution in [0.25, 0.3) is 0 Å². The zero-order valence-corrected chi connectivity index (χ0v) is 13.3. The van der Waals surface area contributed by atoms with Crippen molar-refractivity contribution in [2.24, 2.45) is 0 Å². The third-order valence-corrected chi connectivity index (χ3v) is 3.38. The summed E-state index contributed by atoms with van der Waals surface area (Å²) in [5.74, 6) is 0.687. The molecule has 7 heteroatoms. The number of ether oxygens (including phenoxy) is 5. The largest absolute Gasteiger partial charge is 0.496 e. The maximum Gasteiger partial charge on any atom is 0.377 e. The lowest BCUT2D eigenvalue weighted by Gasteiger charge is -2.15. The van der Waals surface area contributed by atoms with Crippen LogP contribution in [-0.2, 0) is 25.6 Å². The quantitative estimate of drug-likeness (QED) is 0.753. The molecule has 1 aliphatic heterocycles. The lowest BCUT2D eigenvalue weighted by atomic mass is 10.2. The van der Waals surface area contributed by atoms with Gasteiger partial charge in [0.2, 0.25) is 5.76 Å². The highest BCUT2D eigenvalue weighted by Crippen LogP contribution is 2.33. The Morgan fingerprint density at radius 3 is 2.62 bits per heavy atom. The van der Waals surface area contributed by atoms with Crippen LogP contribution in [-0.4, -0.2) is 33.4 Å². The fourth-order valence-electron chi connectivity index (χ4n) is 1.73. The first-order chi connectivity index (χ1) is 10.2. The van der Waals surface area contributed by atoms with Gasteiger partial charge in [-0.25, -0.2) is 4.79 Å². The van der Waals surface area contributed by atoms with Crippen LogP contribution in [0.5, 0.6) is 11.5 Å². The molecular formula is C14H15BrO6. The minimum Gasteiger partial charge on any atom is -0.496 e. The van der Waals surface area contributed by atoms with Crippen LogP contribution in [0.15, 0.2) is 28.6 Å². The van der Waals surface area contributed by atoms with Crippen molar-refractivity contribution in [1.29, 1.82) is 0 Å². The second-order valence-electron chi connectivity index (χ2n) is 4.08. The monoisotopic (exact) mass is 358 g/mol. The Morgan fingerprint density at radius 1 is 1.24 bits per heavy atom. The minimum absolute atomic E-state index is 0.0341. The van der Waals surface area contributed by atoms with Gasteiger partial charge in [0.25, 0.3) is 0 Å². The van der Waals surface area contributed by atoms with Crippen LogP contribution in [0.3, 0.4) is 0 Å². The minimum atomic E-state index is -0.585. The van der Waals surface area contributed by atoms with Crippen LogP contribution in [0.1, 0.15) is 5.56 Å². The van der Waals surface area contributed by atoms with Gasteiger partial charge >= 0.3 is 5.97 Å². The third-order valence-electron chi connectivity index (χ3n) is 2.76. The molecule has 6 nitrogen and oxygen atoms in total.